The molecule has 0 amide bonds. The van der Waals surface area contributed by atoms with Gasteiger partial charge in [-0.25, -0.2) is 0 Å². The van der Waals surface area contributed by atoms with Crippen molar-refractivity contribution in [1.82, 2.24) is 0 Å². The van der Waals surface area contributed by atoms with Crippen LogP contribution in [0.15, 0.2) is 48.5 Å². The van der Waals surface area contributed by atoms with Crippen LogP contribution in [0.4, 0.5) is 5.69 Å². The van der Waals surface area contributed by atoms with Gasteiger partial charge in [-0.2, -0.15) is 0 Å². The van der Waals surface area contributed by atoms with E-state index in [1.807, 2.05) is 0 Å². The predicted molar refractivity (Wildman–Crippen MR) is 80.1 cm³/mol. The maximum atomic E-state index is 5.73. The van der Waals surface area contributed by atoms with Crippen molar-refractivity contribution >= 4 is 5.69 Å². The molecule has 0 bridgehead atoms. The monoisotopic (exact) mass is 252 g/mol. The minimum atomic E-state index is 0.631. The van der Waals surface area contributed by atoms with Gasteiger partial charge in [-0.15, -0.1) is 0 Å². The van der Waals surface area contributed by atoms with Crippen LogP contribution in [-0.4, -0.2) is 6.54 Å². The summed E-state index contributed by atoms with van der Waals surface area (Å²) in [6.07, 6.45) is 2.41. The molecule has 0 aromatic heterocycles. The number of anilines is 1. The summed E-state index contributed by atoms with van der Waals surface area (Å²) in [5.41, 5.74) is 11.2. The third-order valence-electron chi connectivity index (χ3n) is 3.81. The Morgan fingerprint density at radius 3 is 2.63 bits per heavy atom. The van der Waals surface area contributed by atoms with Crippen molar-refractivity contribution in [1.29, 1.82) is 0 Å². The lowest BCUT2D eigenvalue weighted by Crippen LogP contribution is -2.28. The van der Waals surface area contributed by atoms with Crippen LogP contribution in [0.3, 0.4) is 0 Å². The normalized spacial score (nSPS) is 14.3. The molecule has 19 heavy (non-hydrogen) atoms. The van der Waals surface area contributed by atoms with Gasteiger partial charge in [0.1, 0.15) is 0 Å². The zero-order valence-electron chi connectivity index (χ0n) is 11.2. The first-order chi connectivity index (χ1) is 9.36. The lowest BCUT2D eigenvalue weighted by molar-refractivity contribution is 0.690. The van der Waals surface area contributed by atoms with Crippen LogP contribution >= 0.6 is 0 Å². The average Bonchev–Trinajstić information content (AvgIpc) is 2.48. The Hall–Kier alpha value is -1.80. The number of rotatable bonds is 3. The van der Waals surface area contributed by atoms with E-state index in [1.165, 1.54) is 35.2 Å². The van der Waals surface area contributed by atoms with Gasteiger partial charge in [0.05, 0.1) is 0 Å². The Labute approximate surface area is 114 Å². The molecule has 0 atom stereocenters. The quantitative estimate of drug-likeness (QED) is 0.909. The summed E-state index contributed by atoms with van der Waals surface area (Å²) in [6, 6.07) is 17.3. The molecule has 1 aliphatic heterocycles. The molecule has 1 aliphatic rings. The SMILES string of the molecule is NCc1ccc2c(c1)CCCN2Cc1ccccc1. The number of nitrogens with zero attached hydrogens (tertiary/aromatic N) is 1. The van der Waals surface area contributed by atoms with Gasteiger partial charge in [0.15, 0.2) is 0 Å². The lowest BCUT2D eigenvalue weighted by atomic mass is 9.98. The minimum Gasteiger partial charge on any atom is -0.367 e. The van der Waals surface area contributed by atoms with E-state index in [-0.39, 0.29) is 0 Å². The molecule has 2 aromatic rings. The molecule has 0 spiro atoms. The van der Waals surface area contributed by atoms with Crippen molar-refractivity contribution in [2.24, 2.45) is 5.73 Å². The number of hydrogen-bond acceptors (Lipinski definition) is 2. The van der Waals surface area contributed by atoms with Gasteiger partial charge in [0, 0.05) is 25.3 Å². The van der Waals surface area contributed by atoms with E-state index >= 15 is 0 Å². The smallest absolute Gasteiger partial charge is 0.0429 e. The largest absolute Gasteiger partial charge is 0.367 e. The van der Waals surface area contributed by atoms with Crippen molar-refractivity contribution < 1.29 is 0 Å². The standard InChI is InChI=1S/C17H20N2/c18-12-15-8-9-17-16(11-15)7-4-10-19(17)13-14-5-2-1-3-6-14/h1-3,5-6,8-9,11H,4,7,10,12-13,18H2. The van der Waals surface area contributed by atoms with Crippen molar-refractivity contribution in [2.75, 3.05) is 11.4 Å². The molecule has 0 saturated carbocycles. The number of nitrogens with two attached hydrogens (primary N) is 1. The average molecular weight is 252 g/mol. The summed E-state index contributed by atoms with van der Waals surface area (Å²) < 4.78 is 0. The van der Waals surface area contributed by atoms with Gasteiger partial charge < -0.3 is 10.6 Å². The van der Waals surface area contributed by atoms with Gasteiger partial charge in [0.2, 0.25) is 0 Å². The van der Waals surface area contributed by atoms with E-state index in [9.17, 15) is 0 Å². The first kappa shape index (κ1) is 12.2. The third kappa shape index (κ3) is 2.64. The third-order valence-corrected chi connectivity index (χ3v) is 3.81. The fourth-order valence-corrected chi connectivity index (χ4v) is 2.82. The fourth-order valence-electron chi connectivity index (χ4n) is 2.82. The van der Waals surface area contributed by atoms with Crippen molar-refractivity contribution in [3.63, 3.8) is 0 Å². The Bertz CT molecular complexity index is 548. The maximum Gasteiger partial charge on any atom is 0.0429 e. The lowest BCUT2D eigenvalue weighted by Gasteiger charge is -2.31. The van der Waals surface area contributed by atoms with Crippen LogP contribution in [0.1, 0.15) is 23.1 Å². The van der Waals surface area contributed by atoms with Crippen molar-refractivity contribution in [2.45, 2.75) is 25.9 Å². The zero-order valence-corrected chi connectivity index (χ0v) is 11.2. The molecular weight excluding hydrogens is 232 g/mol. The summed E-state index contributed by atoms with van der Waals surface area (Å²) in [6.45, 7) is 2.77. The summed E-state index contributed by atoms with van der Waals surface area (Å²) in [7, 11) is 0. The summed E-state index contributed by atoms with van der Waals surface area (Å²) >= 11 is 0. The molecule has 0 aliphatic carbocycles. The highest BCUT2D eigenvalue weighted by Crippen LogP contribution is 2.29. The Morgan fingerprint density at radius 2 is 1.84 bits per heavy atom. The maximum absolute atomic E-state index is 5.73. The molecule has 0 saturated heterocycles. The van der Waals surface area contributed by atoms with E-state index in [0.29, 0.717) is 6.54 Å². The first-order valence-corrected chi connectivity index (χ1v) is 6.97. The minimum absolute atomic E-state index is 0.631. The second-order valence-electron chi connectivity index (χ2n) is 5.18. The molecule has 3 rings (SSSR count). The van der Waals surface area contributed by atoms with Gasteiger partial charge in [-0.05, 0) is 35.6 Å². The Morgan fingerprint density at radius 1 is 1.00 bits per heavy atom. The number of hydrogen-bond donors (Lipinski definition) is 1. The molecule has 1 heterocycles. The van der Waals surface area contributed by atoms with E-state index in [2.05, 4.69) is 53.4 Å². The number of aryl methyl sites for hydroxylation is 1. The second kappa shape index (κ2) is 5.45. The summed E-state index contributed by atoms with van der Waals surface area (Å²) in [4.78, 5) is 2.48. The summed E-state index contributed by atoms with van der Waals surface area (Å²) in [5.74, 6) is 0. The van der Waals surface area contributed by atoms with E-state index < -0.39 is 0 Å². The Kier molecular flexibility index (Phi) is 3.51. The highest BCUT2D eigenvalue weighted by molar-refractivity contribution is 5.57. The molecule has 0 radical (unpaired) electrons. The van der Waals surface area contributed by atoms with Gasteiger partial charge in [-0.3, -0.25) is 0 Å². The summed E-state index contributed by atoms with van der Waals surface area (Å²) in [5, 5.41) is 0. The Balaban J connectivity index is 1.86. The van der Waals surface area contributed by atoms with Gasteiger partial charge >= 0.3 is 0 Å². The van der Waals surface area contributed by atoms with E-state index in [4.69, 9.17) is 5.73 Å². The molecule has 0 fully saturated rings. The van der Waals surface area contributed by atoms with Crippen LogP contribution in [0.2, 0.25) is 0 Å². The number of benzene rings is 2. The number of fused-ring (bicyclic) bond motifs is 1. The molecule has 2 heteroatoms. The zero-order chi connectivity index (χ0) is 13.1. The molecule has 0 unspecified atom stereocenters. The topological polar surface area (TPSA) is 29.3 Å². The molecule has 2 N–H and O–H groups in total. The first-order valence-electron chi connectivity index (χ1n) is 6.97. The second-order valence-corrected chi connectivity index (χ2v) is 5.18. The molecular formula is C17H20N2. The molecule has 2 nitrogen and oxygen atoms in total. The van der Waals surface area contributed by atoms with Crippen LogP contribution in [0.5, 0.6) is 0 Å². The molecule has 2 aromatic carbocycles. The van der Waals surface area contributed by atoms with Crippen molar-refractivity contribution in [3.8, 4) is 0 Å². The van der Waals surface area contributed by atoms with Crippen LogP contribution < -0.4 is 10.6 Å². The van der Waals surface area contributed by atoms with Crippen LogP contribution in [0, 0.1) is 0 Å². The molecule has 98 valence electrons. The highest BCUT2D eigenvalue weighted by atomic mass is 15.1. The van der Waals surface area contributed by atoms with E-state index in [0.717, 1.165) is 13.1 Å². The van der Waals surface area contributed by atoms with Crippen LogP contribution in [0.25, 0.3) is 0 Å². The van der Waals surface area contributed by atoms with Gasteiger partial charge in [-0.1, -0.05) is 42.5 Å². The van der Waals surface area contributed by atoms with E-state index in [1.54, 1.807) is 0 Å². The van der Waals surface area contributed by atoms with Crippen molar-refractivity contribution in [3.05, 3.63) is 65.2 Å². The fraction of sp³-hybridized carbons (Fsp3) is 0.294. The predicted octanol–water partition coefficient (Wildman–Crippen LogP) is 3.10. The van der Waals surface area contributed by atoms with Crippen LogP contribution in [-0.2, 0) is 19.5 Å². The van der Waals surface area contributed by atoms with Gasteiger partial charge in [0.25, 0.3) is 0 Å². The highest BCUT2D eigenvalue weighted by Gasteiger charge is 2.16.